The number of benzene rings is 3. The summed E-state index contributed by atoms with van der Waals surface area (Å²) in [5.74, 6) is 0.226. The molecule has 7 nitrogen and oxygen atoms in total. The van der Waals surface area contributed by atoms with Gasteiger partial charge in [0.25, 0.3) is 0 Å². The first-order chi connectivity index (χ1) is 16.6. The molecule has 0 saturated carbocycles. The molecule has 0 fully saturated rings. The molecule has 3 aromatic carbocycles. The van der Waals surface area contributed by atoms with Gasteiger partial charge in [0.1, 0.15) is 5.75 Å². The number of nitrogens with one attached hydrogen (secondary N) is 1. The highest BCUT2D eigenvalue weighted by Crippen LogP contribution is 2.27. The normalized spacial score (nSPS) is 11.2. The molecule has 0 atom stereocenters. The van der Waals surface area contributed by atoms with Crippen LogP contribution in [0.3, 0.4) is 0 Å². The van der Waals surface area contributed by atoms with Crippen molar-refractivity contribution in [2.75, 3.05) is 5.43 Å². The quantitative estimate of drug-likeness (QED) is 0.213. The average molecular weight is 448 g/mol. The van der Waals surface area contributed by atoms with Crippen LogP contribution in [0, 0.1) is 6.92 Å². The number of phenolic OH excluding ortho intramolecular Hbond substituents is 1. The zero-order valence-electron chi connectivity index (χ0n) is 18.3. The van der Waals surface area contributed by atoms with E-state index in [1.165, 1.54) is 18.3 Å². The Morgan fingerprint density at radius 2 is 1.50 bits per heavy atom. The van der Waals surface area contributed by atoms with Crippen LogP contribution >= 0.6 is 0 Å². The molecule has 0 aliphatic heterocycles. The van der Waals surface area contributed by atoms with Gasteiger partial charge in [-0.25, -0.2) is 20.2 Å². The predicted octanol–water partition coefficient (Wildman–Crippen LogP) is 5.38. The fourth-order valence-corrected chi connectivity index (χ4v) is 3.68. The van der Waals surface area contributed by atoms with Crippen molar-refractivity contribution in [1.82, 2.24) is 9.97 Å². The van der Waals surface area contributed by atoms with E-state index >= 15 is 0 Å². The molecule has 166 valence electrons. The third kappa shape index (κ3) is 4.27. The van der Waals surface area contributed by atoms with E-state index in [0.717, 1.165) is 28.1 Å². The molecule has 5 aromatic rings. The lowest BCUT2D eigenvalue weighted by Crippen LogP contribution is -2.02. The van der Waals surface area contributed by atoms with Gasteiger partial charge in [-0.1, -0.05) is 60.7 Å². The number of hydrogen-bond acceptors (Lipinski definition) is 7. The molecule has 0 aliphatic carbocycles. The van der Waals surface area contributed by atoms with Crippen LogP contribution in [0.5, 0.6) is 5.75 Å². The smallest absolute Gasteiger partial charge is 0.336 e. The van der Waals surface area contributed by atoms with E-state index in [4.69, 9.17) is 4.42 Å². The van der Waals surface area contributed by atoms with Gasteiger partial charge in [-0.15, -0.1) is 0 Å². The fraction of sp³-hybridized carbons (Fsp3) is 0.0370. The van der Waals surface area contributed by atoms with E-state index in [9.17, 15) is 9.90 Å². The standard InChI is InChI=1S/C27H20N4O3/c1-17-14-25(33)34-26-20(17)12-13-24(32)21(26)16-28-31-27-29-22(18-8-4-2-5-9-18)15-23(30-27)19-10-6-3-7-11-19/h2-16,32H,1H3,(H,29,30,31). The van der Waals surface area contributed by atoms with Crippen LogP contribution in [0.1, 0.15) is 11.1 Å². The summed E-state index contributed by atoms with van der Waals surface area (Å²) < 4.78 is 5.35. The van der Waals surface area contributed by atoms with Crippen LogP contribution in [-0.2, 0) is 0 Å². The summed E-state index contributed by atoms with van der Waals surface area (Å²) in [6, 6.07) is 26.2. The monoisotopic (exact) mass is 448 g/mol. The molecular weight excluding hydrogens is 428 g/mol. The first kappa shape index (κ1) is 21.1. The highest BCUT2D eigenvalue weighted by Gasteiger charge is 2.11. The summed E-state index contributed by atoms with van der Waals surface area (Å²) in [5.41, 5.74) is 7.02. The zero-order valence-corrected chi connectivity index (χ0v) is 18.3. The molecule has 0 unspecified atom stereocenters. The Kier molecular flexibility index (Phi) is 5.58. The molecule has 7 heteroatoms. The van der Waals surface area contributed by atoms with E-state index in [2.05, 4.69) is 20.5 Å². The second kappa shape index (κ2) is 8.99. The van der Waals surface area contributed by atoms with Crippen molar-refractivity contribution < 1.29 is 9.52 Å². The number of aromatic hydroxyl groups is 1. The molecule has 0 saturated heterocycles. The molecule has 2 heterocycles. The van der Waals surface area contributed by atoms with Gasteiger partial charge in [0.2, 0.25) is 5.95 Å². The Morgan fingerprint density at radius 1 is 0.882 bits per heavy atom. The number of phenols is 1. The number of anilines is 1. The van der Waals surface area contributed by atoms with Crippen LogP contribution in [0.25, 0.3) is 33.5 Å². The number of rotatable bonds is 5. The molecule has 2 aromatic heterocycles. The minimum absolute atomic E-state index is 0.0595. The van der Waals surface area contributed by atoms with Crippen molar-refractivity contribution in [3.8, 4) is 28.3 Å². The second-order valence-corrected chi connectivity index (χ2v) is 7.69. The van der Waals surface area contributed by atoms with Crippen LogP contribution in [0.2, 0.25) is 0 Å². The zero-order chi connectivity index (χ0) is 23.5. The molecule has 2 N–H and O–H groups in total. The Bertz CT molecular complexity index is 1500. The Morgan fingerprint density at radius 3 is 2.12 bits per heavy atom. The van der Waals surface area contributed by atoms with Gasteiger partial charge in [-0.3, -0.25) is 0 Å². The maximum absolute atomic E-state index is 11.9. The maximum Gasteiger partial charge on any atom is 0.336 e. The first-order valence-electron chi connectivity index (χ1n) is 10.6. The van der Waals surface area contributed by atoms with Crippen LogP contribution in [0.15, 0.2) is 99.2 Å². The van der Waals surface area contributed by atoms with Gasteiger partial charge in [-0.2, -0.15) is 5.10 Å². The van der Waals surface area contributed by atoms with Crippen molar-refractivity contribution in [1.29, 1.82) is 0 Å². The van der Waals surface area contributed by atoms with Crippen molar-refractivity contribution in [2.24, 2.45) is 5.10 Å². The van der Waals surface area contributed by atoms with E-state index in [1.807, 2.05) is 73.7 Å². The molecule has 0 spiro atoms. The molecule has 0 radical (unpaired) electrons. The number of aryl methyl sites for hydroxylation is 1. The molecular formula is C27H20N4O3. The summed E-state index contributed by atoms with van der Waals surface area (Å²) in [7, 11) is 0. The van der Waals surface area contributed by atoms with Crippen LogP contribution < -0.4 is 11.1 Å². The second-order valence-electron chi connectivity index (χ2n) is 7.69. The van der Waals surface area contributed by atoms with Crippen molar-refractivity contribution in [3.05, 3.63) is 106 Å². The van der Waals surface area contributed by atoms with Crippen LogP contribution in [0.4, 0.5) is 5.95 Å². The van der Waals surface area contributed by atoms with E-state index in [0.29, 0.717) is 5.39 Å². The van der Waals surface area contributed by atoms with Gasteiger partial charge in [0, 0.05) is 22.6 Å². The molecule has 5 rings (SSSR count). The highest BCUT2D eigenvalue weighted by atomic mass is 16.4. The van der Waals surface area contributed by atoms with Crippen molar-refractivity contribution in [3.63, 3.8) is 0 Å². The number of aromatic nitrogens is 2. The van der Waals surface area contributed by atoms with Crippen molar-refractivity contribution in [2.45, 2.75) is 6.92 Å². The predicted molar refractivity (Wildman–Crippen MR) is 133 cm³/mol. The average Bonchev–Trinajstić information content (AvgIpc) is 2.86. The summed E-state index contributed by atoms with van der Waals surface area (Å²) in [4.78, 5) is 21.1. The summed E-state index contributed by atoms with van der Waals surface area (Å²) in [5, 5.41) is 15.3. The Hall–Kier alpha value is -4.78. The largest absolute Gasteiger partial charge is 0.507 e. The Balaban J connectivity index is 1.54. The van der Waals surface area contributed by atoms with E-state index in [-0.39, 0.29) is 22.8 Å². The topological polar surface area (TPSA) is 101 Å². The highest BCUT2D eigenvalue weighted by molar-refractivity contribution is 6.00. The summed E-state index contributed by atoms with van der Waals surface area (Å²) >= 11 is 0. The molecule has 0 aliphatic rings. The van der Waals surface area contributed by atoms with Crippen LogP contribution in [-0.4, -0.2) is 21.3 Å². The van der Waals surface area contributed by atoms with Gasteiger partial charge in [0.05, 0.1) is 23.2 Å². The molecule has 34 heavy (non-hydrogen) atoms. The van der Waals surface area contributed by atoms with E-state index < -0.39 is 5.63 Å². The van der Waals surface area contributed by atoms with Gasteiger partial charge in [0.15, 0.2) is 5.58 Å². The number of hydrogen-bond donors (Lipinski definition) is 2. The maximum atomic E-state index is 11.9. The minimum Gasteiger partial charge on any atom is -0.507 e. The van der Waals surface area contributed by atoms with Gasteiger partial charge in [-0.05, 0) is 30.7 Å². The van der Waals surface area contributed by atoms with Gasteiger partial charge >= 0.3 is 5.63 Å². The number of hydrazone groups is 1. The third-order valence-corrected chi connectivity index (χ3v) is 5.36. The lowest BCUT2D eigenvalue weighted by molar-refractivity contribution is 0.472. The summed E-state index contributed by atoms with van der Waals surface area (Å²) in [6.45, 7) is 1.81. The SMILES string of the molecule is Cc1cc(=O)oc2c(C=NNc3nc(-c4ccccc4)cc(-c4ccccc4)n3)c(O)ccc12. The lowest BCUT2D eigenvalue weighted by atomic mass is 10.1. The lowest BCUT2D eigenvalue weighted by Gasteiger charge is -2.09. The fourth-order valence-electron chi connectivity index (χ4n) is 3.68. The minimum atomic E-state index is -0.496. The van der Waals surface area contributed by atoms with Gasteiger partial charge < -0.3 is 9.52 Å². The first-order valence-corrected chi connectivity index (χ1v) is 10.6. The number of nitrogens with zero attached hydrogens (tertiary/aromatic N) is 3. The molecule has 0 amide bonds. The van der Waals surface area contributed by atoms with Crippen molar-refractivity contribution >= 4 is 23.1 Å². The number of fused-ring (bicyclic) bond motifs is 1. The Labute approximate surface area is 195 Å². The van der Waals surface area contributed by atoms with E-state index in [1.54, 1.807) is 6.07 Å². The third-order valence-electron chi connectivity index (χ3n) is 5.36. The summed E-state index contributed by atoms with van der Waals surface area (Å²) in [6.07, 6.45) is 1.39. The molecule has 0 bridgehead atoms.